The fourth-order valence-corrected chi connectivity index (χ4v) is 3.32. The Bertz CT molecular complexity index is 602. The molecule has 0 unspecified atom stereocenters. The normalized spacial score (nSPS) is 17.6. The van der Waals surface area contributed by atoms with Gasteiger partial charge in [-0.15, -0.1) is 0 Å². The number of alkyl halides is 3. The van der Waals surface area contributed by atoms with Crippen LogP contribution in [0, 0.1) is 11.3 Å². The Hall–Kier alpha value is -1.75. The molecule has 24 heavy (non-hydrogen) atoms. The molecule has 130 valence electrons. The number of nitriles is 1. The van der Waals surface area contributed by atoms with Crippen LogP contribution < -0.4 is 5.32 Å². The number of rotatable bonds is 4. The van der Waals surface area contributed by atoms with Crippen LogP contribution in [0.15, 0.2) is 23.4 Å². The zero-order valence-corrected chi connectivity index (χ0v) is 13.8. The Labute approximate surface area is 142 Å². The zero-order valence-electron chi connectivity index (χ0n) is 13.0. The van der Waals surface area contributed by atoms with Crippen LogP contribution in [0.1, 0.15) is 44.1 Å². The number of hydrogen-bond donors (Lipinski definition) is 1. The van der Waals surface area contributed by atoms with Gasteiger partial charge in [-0.3, -0.25) is 4.79 Å². The van der Waals surface area contributed by atoms with Crippen molar-refractivity contribution in [2.24, 2.45) is 0 Å². The maximum absolute atomic E-state index is 12.5. The standard InChI is InChI=1S/C16H18F3N3OS/c17-16(18,19)12-5-6-14(21-9-12)24-10-13(23)22-15(11-20)7-3-1-2-4-8-15/h5-6,9H,1-4,7-8,10H2,(H,22,23). The van der Waals surface area contributed by atoms with E-state index in [4.69, 9.17) is 0 Å². The van der Waals surface area contributed by atoms with Crippen molar-refractivity contribution in [3.63, 3.8) is 0 Å². The third-order valence-electron chi connectivity index (χ3n) is 3.96. The Balaban J connectivity index is 1.89. The van der Waals surface area contributed by atoms with Gasteiger partial charge in [0.25, 0.3) is 0 Å². The van der Waals surface area contributed by atoms with Gasteiger partial charge in [0.1, 0.15) is 5.54 Å². The van der Waals surface area contributed by atoms with Crippen LogP contribution in [0.2, 0.25) is 0 Å². The van der Waals surface area contributed by atoms with Gasteiger partial charge >= 0.3 is 6.18 Å². The SMILES string of the molecule is N#CC1(NC(=O)CSc2ccc(C(F)(F)F)cn2)CCCCCC1. The average Bonchev–Trinajstić information content (AvgIpc) is 2.78. The molecule has 1 saturated carbocycles. The zero-order chi connectivity index (χ0) is 17.6. The summed E-state index contributed by atoms with van der Waals surface area (Å²) in [6, 6.07) is 4.41. The fourth-order valence-electron chi connectivity index (χ4n) is 2.67. The van der Waals surface area contributed by atoms with Gasteiger partial charge in [0.2, 0.25) is 5.91 Å². The molecule has 2 rings (SSSR count). The Morgan fingerprint density at radius 2 is 1.96 bits per heavy atom. The van der Waals surface area contributed by atoms with Crippen LogP contribution in [0.25, 0.3) is 0 Å². The van der Waals surface area contributed by atoms with E-state index < -0.39 is 17.3 Å². The first-order valence-electron chi connectivity index (χ1n) is 7.73. The first-order valence-corrected chi connectivity index (χ1v) is 8.71. The first kappa shape index (κ1) is 18.6. The second-order valence-electron chi connectivity index (χ2n) is 5.83. The average molecular weight is 357 g/mol. The predicted octanol–water partition coefficient (Wildman–Crippen LogP) is 3.93. The van der Waals surface area contributed by atoms with Gasteiger partial charge in [0, 0.05) is 6.20 Å². The summed E-state index contributed by atoms with van der Waals surface area (Å²) in [5.41, 5.74) is -1.64. The summed E-state index contributed by atoms with van der Waals surface area (Å²) in [5, 5.41) is 12.6. The number of hydrogen-bond acceptors (Lipinski definition) is 4. The van der Waals surface area contributed by atoms with E-state index in [0.29, 0.717) is 17.9 Å². The molecule has 4 nitrogen and oxygen atoms in total. The van der Waals surface area contributed by atoms with E-state index in [9.17, 15) is 23.2 Å². The first-order chi connectivity index (χ1) is 11.3. The van der Waals surface area contributed by atoms with Crippen LogP contribution in [0.3, 0.4) is 0 Å². The van der Waals surface area contributed by atoms with Crippen molar-refractivity contribution in [3.05, 3.63) is 23.9 Å². The number of halogens is 3. The van der Waals surface area contributed by atoms with Gasteiger partial charge in [0.05, 0.1) is 22.4 Å². The molecular weight excluding hydrogens is 339 g/mol. The molecule has 1 heterocycles. The Morgan fingerprint density at radius 1 is 1.29 bits per heavy atom. The topological polar surface area (TPSA) is 65.8 Å². The molecule has 0 aliphatic heterocycles. The number of carbonyl (C=O) groups is 1. The quantitative estimate of drug-likeness (QED) is 0.655. The van der Waals surface area contributed by atoms with Crippen molar-refractivity contribution in [1.29, 1.82) is 5.26 Å². The van der Waals surface area contributed by atoms with Crippen molar-refractivity contribution < 1.29 is 18.0 Å². The molecule has 0 saturated heterocycles. The molecule has 0 radical (unpaired) electrons. The van der Waals surface area contributed by atoms with E-state index >= 15 is 0 Å². The van der Waals surface area contributed by atoms with Crippen LogP contribution in [0.4, 0.5) is 13.2 Å². The van der Waals surface area contributed by atoms with Crippen molar-refractivity contribution in [1.82, 2.24) is 10.3 Å². The number of aromatic nitrogens is 1. The van der Waals surface area contributed by atoms with Gasteiger partial charge in [-0.2, -0.15) is 18.4 Å². The number of carbonyl (C=O) groups excluding carboxylic acids is 1. The molecule has 0 aromatic carbocycles. The van der Waals surface area contributed by atoms with Gasteiger partial charge in [0.15, 0.2) is 0 Å². The Morgan fingerprint density at radius 3 is 2.46 bits per heavy atom. The minimum absolute atomic E-state index is 0.0157. The van der Waals surface area contributed by atoms with E-state index in [1.54, 1.807) is 0 Å². The van der Waals surface area contributed by atoms with Gasteiger partial charge in [-0.1, -0.05) is 37.4 Å². The van der Waals surface area contributed by atoms with Gasteiger partial charge < -0.3 is 5.32 Å². The maximum Gasteiger partial charge on any atom is 0.417 e. The lowest BCUT2D eigenvalue weighted by atomic mass is 9.92. The highest BCUT2D eigenvalue weighted by Gasteiger charge is 2.33. The fraction of sp³-hybridized carbons (Fsp3) is 0.562. The second-order valence-corrected chi connectivity index (χ2v) is 6.82. The molecule has 1 aliphatic carbocycles. The van der Waals surface area contributed by atoms with Crippen molar-refractivity contribution >= 4 is 17.7 Å². The summed E-state index contributed by atoms with van der Waals surface area (Å²) in [6.45, 7) is 0. The molecule has 1 aliphatic rings. The van der Waals surface area contributed by atoms with Crippen molar-refractivity contribution in [2.45, 2.75) is 55.3 Å². The van der Waals surface area contributed by atoms with Crippen molar-refractivity contribution in [2.75, 3.05) is 5.75 Å². The second kappa shape index (κ2) is 7.88. The molecule has 1 aromatic rings. The van der Waals surface area contributed by atoms with Crippen LogP contribution >= 0.6 is 11.8 Å². The van der Waals surface area contributed by atoms with E-state index in [-0.39, 0.29) is 11.7 Å². The molecule has 1 N–H and O–H groups in total. The lowest BCUT2D eigenvalue weighted by molar-refractivity contribution is -0.137. The number of thioether (sulfide) groups is 1. The minimum Gasteiger partial charge on any atom is -0.337 e. The monoisotopic (exact) mass is 357 g/mol. The number of nitrogens with one attached hydrogen (secondary N) is 1. The molecule has 0 bridgehead atoms. The molecular formula is C16H18F3N3OS. The predicted molar refractivity (Wildman–Crippen MR) is 84.2 cm³/mol. The highest BCUT2D eigenvalue weighted by molar-refractivity contribution is 7.99. The largest absolute Gasteiger partial charge is 0.417 e. The lowest BCUT2D eigenvalue weighted by Gasteiger charge is -2.26. The third-order valence-corrected chi connectivity index (χ3v) is 4.91. The number of nitrogens with zero attached hydrogens (tertiary/aromatic N) is 2. The number of amides is 1. The summed E-state index contributed by atoms with van der Waals surface area (Å²) >= 11 is 1.05. The summed E-state index contributed by atoms with van der Waals surface area (Å²) in [7, 11) is 0. The minimum atomic E-state index is -4.42. The molecule has 1 fully saturated rings. The highest BCUT2D eigenvalue weighted by Crippen LogP contribution is 2.30. The summed E-state index contributed by atoms with van der Waals surface area (Å²) in [5.74, 6) is -0.285. The van der Waals surface area contributed by atoms with Crippen LogP contribution in [-0.4, -0.2) is 22.2 Å². The molecule has 8 heteroatoms. The summed E-state index contributed by atoms with van der Waals surface area (Å²) in [6.07, 6.45) is 1.53. The smallest absolute Gasteiger partial charge is 0.337 e. The van der Waals surface area contributed by atoms with Crippen molar-refractivity contribution in [3.8, 4) is 6.07 Å². The van der Waals surface area contributed by atoms with Gasteiger partial charge in [-0.25, -0.2) is 4.98 Å². The van der Waals surface area contributed by atoms with Crippen LogP contribution in [0.5, 0.6) is 0 Å². The molecule has 1 amide bonds. The van der Waals surface area contributed by atoms with Gasteiger partial charge in [-0.05, 0) is 25.0 Å². The number of pyridine rings is 1. The van der Waals surface area contributed by atoms with E-state index in [0.717, 1.165) is 49.7 Å². The molecule has 1 aromatic heterocycles. The summed E-state index contributed by atoms with van der Waals surface area (Å²) in [4.78, 5) is 15.8. The highest BCUT2D eigenvalue weighted by atomic mass is 32.2. The lowest BCUT2D eigenvalue weighted by Crippen LogP contribution is -2.47. The Kier molecular flexibility index (Phi) is 6.10. The third kappa shape index (κ3) is 5.13. The van der Waals surface area contributed by atoms with Crippen LogP contribution in [-0.2, 0) is 11.0 Å². The summed E-state index contributed by atoms with van der Waals surface area (Å²) < 4.78 is 37.4. The molecule has 0 atom stereocenters. The van der Waals surface area contributed by atoms with E-state index in [1.165, 1.54) is 6.07 Å². The van der Waals surface area contributed by atoms with E-state index in [1.807, 2.05) is 0 Å². The molecule has 0 spiro atoms. The van der Waals surface area contributed by atoms with E-state index in [2.05, 4.69) is 16.4 Å². The maximum atomic E-state index is 12.5.